The van der Waals surface area contributed by atoms with E-state index in [1.807, 2.05) is 24.3 Å². The summed E-state index contributed by atoms with van der Waals surface area (Å²) in [6.07, 6.45) is 1.92. The largest absolute Gasteiger partial charge is 0.310 e. The molecule has 0 bridgehead atoms. The van der Waals surface area contributed by atoms with Crippen molar-refractivity contribution in [3.8, 4) is 0 Å². The summed E-state index contributed by atoms with van der Waals surface area (Å²) in [5.41, 5.74) is 3.46. The first-order valence-electron chi connectivity index (χ1n) is 7.34. The van der Waals surface area contributed by atoms with Gasteiger partial charge < -0.3 is 5.32 Å². The van der Waals surface area contributed by atoms with Gasteiger partial charge in [0.25, 0.3) is 0 Å². The maximum absolute atomic E-state index is 6.37. The van der Waals surface area contributed by atoms with E-state index >= 15 is 0 Å². The molecule has 21 heavy (non-hydrogen) atoms. The number of benzene rings is 2. The first-order valence-corrected chi connectivity index (χ1v) is 8.10. The van der Waals surface area contributed by atoms with Gasteiger partial charge in [0.15, 0.2) is 0 Å². The Morgan fingerprint density at radius 1 is 1.05 bits per heavy atom. The molecule has 1 N–H and O–H groups in total. The fourth-order valence-corrected chi connectivity index (χ4v) is 2.99. The standard InChI is InChI=1S/C18H21Cl2N/c1-3-10-21-18(15-6-4-5-7-16(15)19)12-14-9-8-13(2)11-17(14)20/h4-9,11,18,21H,3,10,12H2,1-2H3. The van der Waals surface area contributed by atoms with Crippen molar-refractivity contribution in [1.82, 2.24) is 5.32 Å². The summed E-state index contributed by atoms with van der Waals surface area (Å²) in [6.45, 7) is 5.17. The van der Waals surface area contributed by atoms with Crippen molar-refractivity contribution < 1.29 is 0 Å². The minimum Gasteiger partial charge on any atom is -0.310 e. The first kappa shape index (κ1) is 16.4. The topological polar surface area (TPSA) is 12.0 Å². The normalized spacial score (nSPS) is 12.4. The van der Waals surface area contributed by atoms with Gasteiger partial charge in [-0.05, 0) is 55.1 Å². The van der Waals surface area contributed by atoms with E-state index in [0.29, 0.717) is 0 Å². The fraction of sp³-hybridized carbons (Fsp3) is 0.333. The predicted octanol–water partition coefficient (Wildman–Crippen LogP) is 5.59. The Labute approximate surface area is 137 Å². The second-order valence-corrected chi connectivity index (χ2v) is 6.14. The molecule has 3 heteroatoms. The quantitative estimate of drug-likeness (QED) is 0.731. The SMILES string of the molecule is CCCNC(Cc1ccc(C)cc1Cl)c1ccccc1Cl. The molecule has 112 valence electrons. The molecule has 2 aromatic carbocycles. The number of rotatable bonds is 6. The molecule has 0 aliphatic heterocycles. The summed E-state index contributed by atoms with van der Waals surface area (Å²) in [7, 11) is 0. The van der Waals surface area contributed by atoms with Crippen LogP contribution in [0.15, 0.2) is 42.5 Å². The van der Waals surface area contributed by atoms with Crippen molar-refractivity contribution in [2.45, 2.75) is 32.7 Å². The number of hydrogen-bond acceptors (Lipinski definition) is 1. The molecule has 1 unspecified atom stereocenters. The molecule has 0 aliphatic carbocycles. The zero-order chi connectivity index (χ0) is 15.2. The summed E-state index contributed by atoms with van der Waals surface area (Å²) in [6, 6.07) is 14.4. The molecule has 0 fully saturated rings. The predicted molar refractivity (Wildman–Crippen MR) is 92.4 cm³/mol. The molecule has 0 heterocycles. The van der Waals surface area contributed by atoms with Crippen LogP contribution in [0.3, 0.4) is 0 Å². The third-order valence-electron chi connectivity index (χ3n) is 3.55. The molecular formula is C18H21Cl2N. The highest BCUT2D eigenvalue weighted by Gasteiger charge is 2.15. The van der Waals surface area contributed by atoms with Crippen molar-refractivity contribution in [1.29, 1.82) is 0 Å². The number of nitrogens with one attached hydrogen (secondary N) is 1. The fourth-order valence-electron chi connectivity index (χ4n) is 2.41. The van der Waals surface area contributed by atoms with E-state index in [0.717, 1.165) is 40.6 Å². The van der Waals surface area contributed by atoms with Crippen LogP contribution in [0.2, 0.25) is 10.0 Å². The Balaban J connectivity index is 2.26. The number of aryl methyl sites for hydroxylation is 1. The average molecular weight is 322 g/mol. The summed E-state index contributed by atoms with van der Waals surface area (Å²) < 4.78 is 0. The molecule has 0 amide bonds. The highest BCUT2D eigenvalue weighted by molar-refractivity contribution is 6.31. The molecule has 0 radical (unpaired) electrons. The van der Waals surface area contributed by atoms with E-state index in [1.54, 1.807) is 0 Å². The van der Waals surface area contributed by atoms with Gasteiger partial charge in [-0.25, -0.2) is 0 Å². The molecular weight excluding hydrogens is 301 g/mol. The van der Waals surface area contributed by atoms with Gasteiger partial charge in [-0.3, -0.25) is 0 Å². The Hall–Kier alpha value is -1.02. The van der Waals surface area contributed by atoms with Crippen LogP contribution < -0.4 is 5.32 Å². The number of halogens is 2. The van der Waals surface area contributed by atoms with Gasteiger partial charge in [0.2, 0.25) is 0 Å². The second kappa shape index (κ2) is 7.84. The van der Waals surface area contributed by atoms with Crippen molar-refractivity contribution in [2.75, 3.05) is 6.54 Å². The number of hydrogen-bond donors (Lipinski definition) is 1. The van der Waals surface area contributed by atoms with E-state index in [4.69, 9.17) is 23.2 Å². The van der Waals surface area contributed by atoms with Crippen LogP contribution >= 0.6 is 23.2 Å². The average Bonchev–Trinajstić information content (AvgIpc) is 2.46. The van der Waals surface area contributed by atoms with Crippen molar-refractivity contribution in [3.05, 3.63) is 69.2 Å². The van der Waals surface area contributed by atoms with E-state index in [-0.39, 0.29) is 6.04 Å². The van der Waals surface area contributed by atoms with Gasteiger partial charge in [0, 0.05) is 16.1 Å². The summed E-state index contributed by atoms with van der Waals surface area (Å²) in [4.78, 5) is 0. The van der Waals surface area contributed by atoms with Crippen LogP contribution in [0.4, 0.5) is 0 Å². The maximum Gasteiger partial charge on any atom is 0.0453 e. The van der Waals surface area contributed by atoms with Crippen LogP contribution in [0.1, 0.15) is 36.1 Å². The van der Waals surface area contributed by atoms with E-state index in [1.165, 1.54) is 5.56 Å². The van der Waals surface area contributed by atoms with Crippen LogP contribution in [0.5, 0.6) is 0 Å². The highest BCUT2D eigenvalue weighted by atomic mass is 35.5. The molecule has 2 aromatic rings. The first-order chi connectivity index (χ1) is 10.1. The Morgan fingerprint density at radius 3 is 2.48 bits per heavy atom. The molecule has 0 saturated carbocycles. The van der Waals surface area contributed by atoms with Gasteiger partial charge in [-0.2, -0.15) is 0 Å². The maximum atomic E-state index is 6.37. The Morgan fingerprint density at radius 2 is 1.81 bits per heavy atom. The summed E-state index contributed by atoms with van der Waals surface area (Å²) >= 11 is 12.7. The van der Waals surface area contributed by atoms with E-state index in [2.05, 4.69) is 37.4 Å². The van der Waals surface area contributed by atoms with Crippen LogP contribution in [0.25, 0.3) is 0 Å². The molecule has 1 atom stereocenters. The van der Waals surface area contributed by atoms with Gasteiger partial charge in [0.1, 0.15) is 0 Å². The minimum atomic E-state index is 0.179. The van der Waals surface area contributed by atoms with Crippen molar-refractivity contribution in [2.24, 2.45) is 0 Å². The smallest absolute Gasteiger partial charge is 0.0453 e. The van der Waals surface area contributed by atoms with Crippen LogP contribution in [-0.2, 0) is 6.42 Å². The molecule has 0 aromatic heterocycles. The minimum absolute atomic E-state index is 0.179. The lowest BCUT2D eigenvalue weighted by Crippen LogP contribution is -2.24. The van der Waals surface area contributed by atoms with Crippen LogP contribution in [0, 0.1) is 6.92 Å². The monoisotopic (exact) mass is 321 g/mol. The lowest BCUT2D eigenvalue weighted by molar-refractivity contribution is 0.529. The Kier molecular flexibility index (Phi) is 6.10. The zero-order valence-electron chi connectivity index (χ0n) is 12.5. The summed E-state index contributed by atoms with van der Waals surface area (Å²) in [5.74, 6) is 0. The van der Waals surface area contributed by atoms with Crippen LogP contribution in [-0.4, -0.2) is 6.54 Å². The third kappa shape index (κ3) is 4.47. The van der Waals surface area contributed by atoms with Crippen molar-refractivity contribution in [3.63, 3.8) is 0 Å². The Bertz CT molecular complexity index is 596. The second-order valence-electron chi connectivity index (χ2n) is 5.33. The molecule has 0 spiro atoms. The lowest BCUT2D eigenvalue weighted by Gasteiger charge is -2.21. The third-order valence-corrected chi connectivity index (χ3v) is 4.25. The zero-order valence-corrected chi connectivity index (χ0v) is 14.0. The van der Waals surface area contributed by atoms with Gasteiger partial charge in [-0.1, -0.05) is 60.5 Å². The molecule has 2 rings (SSSR count). The molecule has 1 nitrogen and oxygen atoms in total. The van der Waals surface area contributed by atoms with Gasteiger partial charge in [0.05, 0.1) is 0 Å². The van der Waals surface area contributed by atoms with E-state index in [9.17, 15) is 0 Å². The molecule has 0 aliphatic rings. The van der Waals surface area contributed by atoms with Crippen molar-refractivity contribution >= 4 is 23.2 Å². The van der Waals surface area contributed by atoms with Gasteiger partial charge >= 0.3 is 0 Å². The lowest BCUT2D eigenvalue weighted by atomic mass is 9.98. The highest BCUT2D eigenvalue weighted by Crippen LogP contribution is 2.28. The summed E-state index contributed by atoms with van der Waals surface area (Å²) in [5, 5.41) is 5.20. The van der Waals surface area contributed by atoms with Gasteiger partial charge in [-0.15, -0.1) is 0 Å². The molecule has 0 saturated heterocycles. The van der Waals surface area contributed by atoms with E-state index < -0.39 is 0 Å².